The van der Waals surface area contributed by atoms with Gasteiger partial charge in [0.25, 0.3) is 11.1 Å². The molecule has 138 valence electrons. The Kier molecular flexibility index (Phi) is 6.88. The van der Waals surface area contributed by atoms with E-state index >= 15 is 0 Å². The van der Waals surface area contributed by atoms with Crippen LogP contribution in [0.1, 0.15) is 5.56 Å². The zero-order chi connectivity index (χ0) is 19.6. The van der Waals surface area contributed by atoms with E-state index in [0.717, 1.165) is 35.1 Å². The quantitative estimate of drug-likeness (QED) is 0.221. The van der Waals surface area contributed by atoms with Crippen molar-refractivity contribution in [3.63, 3.8) is 0 Å². The number of carbonyl (C=O) groups excluding carboxylic acids is 2. The highest BCUT2D eigenvalue weighted by Crippen LogP contribution is 2.37. The number of amides is 2. The lowest BCUT2D eigenvalue weighted by molar-refractivity contribution is -0.113. The number of thioether (sulfide) groups is 1. The van der Waals surface area contributed by atoms with E-state index in [0.29, 0.717) is 22.2 Å². The van der Waals surface area contributed by atoms with Gasteiger partial charge in [-0.1, -0.05) is 24.3 Å². The Labute approximate surface area is 193 Å². The summed E-state index contributed by atoms with van der Waals surface area (Å²) in [6, 6.07) is 10.4. The fourth-order valence-corrected chi connectivity index (χ4v) is 5.47. The van der Waals surface area contributed by atoms with Crippen LogP contribution in [-0.4, -0.2) is 17.8 Å². The van der Waals surface area contributed by atoms with Crippen LogP contribution in [0.5, 0.6) is 5.75 Å². The molecular formula is C19H12ClI2NO3S. The van der Waals surface area contributed by atoms with Crippen molar-refractivity contribution in [2.75, 3.05) is 11.5 Å². The minimum atomic E-state index is -0.343. The van der Waals surface area contributed by atoms with Gasteiger partial charge in [0.05, 0.1) is 17.7 Å². The van der Waals surface area contributed by atoms with E-state index in [9.17, 15) is 9.59 Å². The van der Waals surface area contributed by atoms with Crippen LogP contribution in [0.15, 0.2) is 54.0 Å². The molecule has 3 rings (SSSR count). The van der Waals surface area contributed by atoms with Crippen LogP contribution in [0.2, 0.25) is 5.02 Å². The van der Waals surface area contributed by atoms with E-state index in [1.165, 1.54) is 0 Å². The summed E-state index contributed by atoms with van der Waals surface area (Å²) in [4.78, 5) is 26.6. The Morgan fingerprint density at radius 2 is 1.78 bits per heavy atom. The van der Waals surface area contributed by atoms with Crippen molar-refractivity contribution in [2.45, 2.75) is 0 Å². The average Bonchev–Trinajstić information content (AvgIpc) is 2.89. The van der Waals surface area contributed by atoms with E-state index in [4.69, 9.17) is 16.3 Å². The Morgan fingerprint density at radius 1 is 1.15 bits per heavy atom. The number of halogens is 3. The number of ether oxygens (including phenoxy) is 1. The van der Waals surface area contributed by atoms with E-state index in [-0.39, 0.29) is 11.1 Å². The van der Waals surface area contributed by atoms with Gasteiger partial charge in [0, 0.05) is 5.02 Å². The lowest BCUT2D eigenvalue weighted by Crippen LogP contribution is -2.27. The number of benzene rings is 2. The van der Waals surface area contributed by atoms with Crippen molar-refractivity contribution in [2.24, 2.45) is 0 Å². The Balaban J connectivity index is 1.89. The molecular weight excluding hydrogens is 612 g/mol. The summed E-state index contributed by atoms with van der Waals surface area (Å²) in [5.41, 5.74) is 1.33. The number of anilines is 1. The molecule has 0 aromatic heterocycles. The molecule has 8 heteroatoms. The molecule has 0 bridgehead atoms. The second kappa shape index (κ2) is 8.97. The second-order valence-electron chi connectivity index (χ2n) is 5.41. The normalized spacial score (nSPS) is 15.5. The predicted molar refractivity (Wildman–Crippen MR) is 127 cm³/mol. The van der Waals surface area contributed by atoms with Gasteiger partial charge in [0.2, 0.25) is 0 Å². The van der Waals surface area contributed by atoms with Crippen molar-refractivity contribution in [3.8, 4) is 5.75 Å². The third kappa shape index (κ3) is 4.69. The van der Waals surface area contributed by atoms with Crippen molar-refractivity contribution in [1.29, 1.82) is 0 Å². The summed E-state index contributed by atoms with van der Waals surface area (Å²) in [6.45, 7) is 4.07. The van der Waals surface area contributed by atoms with Crippen LogP contribution in [0, 0.1) is 7.14 Å². The Hall–Kier alpha value is -1.04. The molecule has 0 spiro atoms. The van der Waals surface area contributed by atoms with E-state index in [1.807, 2.05) is 12.1 Å². The first-order valence-corrected chi connectivity index (χ1v) is 11.0. The average molecular weight is 624 g/mol. The van der Waals surface area contributed by atoms with Gasteiger partial charge < -0.3 is 4.74 Å². The van der Waals surface area contributed by atoms with Crippen LogP contribution in [0.3, 0.4) is 0 Å². The van der Waals surface area contributed by atoms with Gasteiger partial charge in [-0.2, -0.15) is 0 Å². The smallest absolute Gasteiger partial charge is 0.298 e. The monoisotopic (exact) mass is 623 g/mol. The zero-order valence-electron chi connectivity index (χ0n) is 13.7. The molecule has 1 aliphatic rings. The maximum Gasteiger partial charge on any atom is 0.298 e. The second-order valence-corrected chi connectivity index (χ2v) is 9.16. The molecule has 0 N–H and O–H groups in total. The van der Waals surface area contributed by atoms with Gasteiger partial charge in [-0.3, -0.25) is 9.59 Å². The van der Waals surface area contributed by atoms with E-state index in [1.54, 1.807) is 36.4 Å². The number of imide groups is 1. The van der Waals surface area contributed by atoms with Gasteiger partial charge in [0.1, 0.15) is 12.4 Å². The maximum absolute atomic E-state index is 12.7. The molecule has 1 saturated heterocycles. The molecule has 0 radical (unpaired) electrons. The van der Waals surface area contributed by atoms with Crippen LogP contribution in [0.25, 0.3) is 6.08 Å². The molecule has 4 nitrogen and oxygen atoms in total. The molecule has 2 aromatic rings. The van der Waals surface area contributed by atoms with Crippen molar-refractivity contribution >= 4 is 91.5 Å². The molecule has 1 fully saturated rings. The summed E-state index contributed by atoms with van der Waals surface area (Å²) in [5, 5.41) is 0.216. The molecule has 1 heterocycles. The van der Waals surface area contributed by atoms with E-state index < -0.39 is 0 Å². The fourth-order valence-electron chi connectivity index (χ4n) is 2.37. The first kappa shape index (κ1) is 20.7. The number of rotatable bonds is 5. The molecule has 27 heavy (non-hydrogen) atoms. The zero-order valence-corrected chi connectivity index (χ0v) is 19.6. The van der Waals surface area contributed by atoms with E-state index in [2.05, 4.69) is 51.8 Å². The van der Waals surface area contributed by atoms with Crippen molar-refractivity contribution in [3.05, 3.63) is 71.7 Å². The minimum absolute atomic E-state index is 0.330. The van der Waals surface area contributed by atoms with Crippen LogP contribution in [-0.2, 0) is 4.79 Å². The number of hydrogen-bond acceptors (Lipinski definition) is 4. The van der Waals surface area contributed by atoms with Crippen LogP contribution >= 0.6 is 68.5 Å². The first-order chi connectivity index (χ1) is 12.9. The number of hydrogen-bond donors (Lipinski definition) is 0. The highest BCUT2D eigenvalue weighted by Gasteiger charge is 2.36. The molecule has 2 aromatic carbocycles. The van der Waals surface area contributed by atoms with Gasteiger partial charge in [-0.05, 0) is 105 Å². The van der Waals surface area contributed by atoms with Gasteiger partial charge >= 0.3 is 0 Å². The third-order valence-corrected chi connectivity index (χ3v) is 6.27. The highest BCUT2D eigenvalue weighted by atomic mass is 127. The van der Waals surface area contributed by atoms with Crippen molar-refractivity contribution < 1.29 is 14.3 Å². The summed E-state index contributed by atoms with van der Waals surface area (Å²) in [7, 11) is 0. The largest absolute Gasteiger partial charge is 0.487 e. The first-order valence-electron chi connectivity index (χ1n) is 7.67. The number of carbonyl (C=O) groups is 2. The molecule has 0 unspecified atom stereocenters. The summed E-state index contributed by atoms with van der Waals surface area (Å²) < 4.78 is 7.51. The molecule has 1 aliphatic heterocycles. The third-order valence-electron chi connectivity index (χ3n) is 3.54. The van der Waals surface area contributed by atoms with Crippen LogP contribution in [0.4, 0.5) is 10.5 Å². The topological polar surface area (TPSA) is 46.6 Å². The summed E-state index contributed by atoms with van der Waals surface area (Å²) in [5.74, 6) is 0.437. The lowest BCUT2D eigenvalue weighted by Gasteiger charge is -2.12. The summed E-state index contributed by atoms with van der Waals surface area (Å²) in [6.07, 6.45) is 3.41. The highest BCUT2D eigenvalue weighted by molar-refractivity contribution is 14.1. The standard InChI is InChI=1S/C19H12ClI2NO3S/c1-2-7-26-17-14(21)8-11(9-15(17)22)10-16-18(24)23(19(25)27-16)13-5-3-12(20)4-6-13/h2-6,8-10H,1,7H2/b16-10+. The molecule has 0 saturated carbocycles. The van der Waals surface area contributed by atoms with Crippen molar-refractivity contribution in [1.82, 2.24) is 0 Å². The van der Waals surface area contributed by atoms with Gasteiger partial charge in [-0.25, -0.2) is 4.90 Å². The van der Waals surface area contributed by atoms with Gasteiger partial charge in [-0.15, -0.1) is 0 Å². The minimum Gasteiger partial charge on any atom is -0.487 e. The fraction of sp³-hybridized carbons (Fsp3) is 0.0526. The van der Waals surface area contributed by atoms with Crippen LogP contribution < -0.4 is 9.64 Å². The molecule has 0 atom stereocenters. The Morgan fingerprint density at radius 3 is 2.37 bits per heavy atom. The maximum atomic E-state index is 12.7. The predicted octanol–water partition coefficient (Wildman–Crippen LogP) is 6.35. The summed E-state index contributed by atoms with van der Waals surface area (Å²) >= 11 is 11.2. The Bertz CT molecular complexity index is 937. The molecule has 0 aliphatic carbocycles. The number of nitrogens with zero attached hydrogens (tertiary/aromatic N) is 1. The van der Waals surface area contributed by atoms with Gasteiger partial charge in [0.15, 0.2) is 0 Å². The SMILES string of the molecule is C=CCOc1c(I)cc(/C=C2/SC(=O)N(c3ccc(Cl)cc3)C2=O)cc1I. The molecule has 2 amide bonds. The lowest BCUT2D eigenvalue weighted by atomic mass is 10.2.